The van der Waals surface area contributed by atoms with Crippen molar-refractivity contribution in [1.29, 1.82) is 0 Å². The largest absolute Gasteiger partial charge is 0.462 e. The predicted octanol–water partition coefficient (Wildman–Crippen LogP) is 23.8. The lowest BCUT2D eigenvalue weighted by molar-refractivity contribution is -0.167. The quantitative estimate of drug-likeness (QED) is 0.0261. The summed E-state index contributed by atoms with van der Waals surface area (Å²) in [6.07, 6.45) is 94.0. The molecule has 0 fully saturated rings. The Morgan fingerprint density at radius 2 is 0.481 bits per heavy atom. The molecule has 0 rings (SSSR count). The van der Waals surface area contributed by atoms with E-state index in [2.05, 4.69) is 130 Å². The molecule has 0 amide bonds. The average Bonchev–Trinajstić information content (AvgIpc) is 3.47. The Hall–Kier alpha value is -3.93. The van der Waals surface area contributed by atoms with E-state index < -0.39 is 6.10 Å². The zero-order valence-corrected chi connectivity index (χ0v) is 53.3. The van der Waals surface area contributed by atoms with Gasteiger partial charge < -0.3 is 14.2 Å². The second-order valence-electron chi connectivity index (χ2n) is 22.7. The Morgan fingerprint density at radius 1 is 0.259 bits per heavy atom. The predicted molar refractivity (Wildman–Crippen MR) is 353 cm³/mol. The molecule has 0 aromatic heterocycles. The number of rotatable bonds is 62. The van der Waals surface area contributed by atoms with Gasteiger partial charge >= 0.3 is 17.9 Å². The van der Waals surface area contributed by atoms with Crippen molar-refractivity contribution < 1.29 is 28.6 Å². The van der Waals surface area contributed by atoms with E-state index in [9.17, 15) is 14.4 Å². The summed E-state index contributed by atoms with van der Waals surface area (Å²) in [6, 6.07) is 0. The SMILES string of the molecule is CC/C=C\C/C=C\C/C=C\C/C=C\C/C=C\C/C=C\CCCCCCCCC(=O)OC(COC(=O)CCCCCCCCCCC)COC(=O)CCCCCCCCCCCCCCCC/C=C\C/C=C\C/C=C\CCCCCCC. The van der Waals surface area contributed by atoms with Gasteiger partial charge in [0.25, 0.3) is 0 Å². The van der Waals surface area contributed by atoms with Gasteiger partial charge in [0.15, 0.2) is 6.10 Å². The van der Waals surface area contributed by atoms with Gasteiger partial charge in [-0.05, 0) is 109 Å². The monoisotopic (exact) mass is 1120 g/mol. The number of carbonyl (C=O) groups excluding carboxylic acids is 3. The van der Waals surface area contributed by atoms with Crippen LogP contribution in [-0.4, -0.2) is 37.2 Å². The highest BCUT2D eigenvalue weighted by molar-refractivity contribution is 5.71. The minimum absolute atomic E-state index is 0.0825. The lowest BCUT2D eigenvalue weighted by atomic mass is 10.0. The van der Waals surface area contributed by atoms with Crippen molar-refractivity contribution in [3.05, 3.63) is 109 Å². The maximum absolute atomic E-state index is 12.9. The first kappa shape index (κ1) is 77.1. The Morgan fingerprint density at radius 3 is 0.753 bits per heavy atom. The maximum Gasteiger partial charge on any atom is 0.306 e. The van der Waals surface area contributed by atoms with E-state index in [1.54, 1.807) is 0 Å². The molecule has 464 valence electrons. The minimum atomic E-state index is -0.787. The third-order valence-electron chi connectivity index (χ3n) is 14.8. The number of esters is 3. The molecule has 0 N–H and O–H groups in total. The van der Waals surface area contributed by atoms with Crippen LogP contribution in [0.15, 0.2) is 109 Å². The van der Waals surface area contributed by atoms with Crippen LogP contribution in [0.25, 0.3) is 0 Å². The fourth-order valence-electron chi connectivity index (χ4n) is 9.63. The van der Waals surface area contributed by atoms with Crippen molar-refractivity contribution in [1.82, 2.24) is 0 Å². The molecule has 0 radical (unpaired) electrons. The van der Waals surface area contributed by atoms with Crippen molar-refractivity contribution in [2.75, 3.05) is 13.2 Å². The van der Waals surface area contributed by atoms with E-state index in [0.717, 1.165) is 122 Å². The van der Waals surface area contributed by atoms with E-state index in [0.29, 0.717) is 19.3 Å². The molecule has 0 spiro atoms. The fourth-order valence-corrected chi connectivity index (χ4v) is 9.63. The molecule has 0 aromatic carbocycles. The van der Waals surface area contributed by atoms with Crippen LogP contribution in [0.4, 0.5) is 0 Å². The summed E-state index contributed by atoms with van der Waals surface area (Å²) in [5.41, 5.74) is 0. The molecule has 0 aliphatic carbocycles. The zero-order valence-electron chi connectivity index (χ0n) is 53.3. The summed E-state index contributed by atoms with van der Waals surface area (Å²) in [5, 5.41) is 0. The number of allylic oxidation sites excluding steroid dienone is 18. The van der Waals surface area contributed by atoms with Crippen LogP contribution in [0.2, 0.25) is 0 Å². The van der Waals surface area contributed by atoms with Gasteiger partial charge in [-0.3, -0.25) is 14.4 Å². The summed E-state index contributed by atoms with van der Waals surface area (Å²) < 4.78 is 16.9. The molecule has 6 heteroatoms. The van der Waals surface area contributed by atoms with Gasteiger partial charge in [0.1, 0.15) is 13.2 Å². The lowest BCUT2D eigenvalue weighted by Gasteiger charge is -2.18. The Kier molecular flexibility index (Phi) is 65.2. The minimum Gasteiger partial charge on any atom is -0.462 e. The Labute approximate surface area is 501 Å². The molecule has 0 saturated heterocycles. The molecule has 81 heavy (non-hydrogen) atoms. The Bertz CT molecular complexity index is 1620. The topological polar surface area (TPSA) is 78.9 Å². The molecular formula is C75H128O6. The molecule has 1 unspecified atom stereocenters. The highest BCUT2D eigenvalue weighted by Gasteiger charge is 2.19. The van der Waals surface area contributed by atoms with E-state index >= 15 is 0 Å². The van der Waals surface area contributed by atoms with Crippen LogP contribution >= 0.6 is 0 Å². The normalized spacial score (nSPS) is 12.8. The van der Waals surface area contributed by atoms with E-state index in [-0.39, 0.29) is 31.1 Å². The summed E-state index contributed by atoms with van der Waals surface area (Å²) in [4.78, 5) is 38.3. The van der Waals surface area contributed by atoms with E-state index in [1.807, 2.05) is 0 Å². The molecule has 0 saturated carbocycles. The number of carbonyl (C=O) groups is 3. The fraction of sp³-hybridized carbons (Fsp3) is 0.720. The van der Waals surface area contributed by atoms with Crippen LogP contribution in [-0.2, 0) is 28.6 Å². The summed E-state index contributed by atoms with van der Waals surface area (Å²) in [5.74, 6) is -0.891. The first-order chi connectivity index (χ1) is 40.0. The number of ether oxygens (including phenoxy) is 3. The highest BCUT2D eigenvalue weighted by Crippen LogP contribution is 2.17. The number of hydrogen-bond acceptors (Lipinski definition) is 6. The molecule has 0 aliphatic rings. The van der Waals surface area contributed by atoms with Crippen LogP contribution in [0.1, 0.15) is 329 Å². The van der Waals surface area contributed by atoms with Crippen LogP contribution in [0.3, 0.4) is 0 Å². The number of unbranched alkanes of at least 4 members (excludes halogenated alkanes) is 33. The van der Waals surface area contributed by atoms with Gasteiger partial charge in [-0.15, -0.1) is 0 Å². The highest BCUT2D eigenvalue weighted by atomic mass is 16.6. The van der Waals surface area contributed by atoms with Gasteiger partial charge in [-0.1, -0.05) is 310 Å². The molecule has 0 bridgehead atoms. The molecule has 0 aliphatic heterocycles. The molecular weight excluding hydrogens is 997 g/mol. The van der Waals surface area contributed by atoms with Crippen molar-refractivity contribution in [3.63, 3.8) is 0 Å². The van der Waals surface area contributed by atoms with E-state index in [1.165, 1.54) is 167 Å². The molecule has 6 nitrogen and oxygen atoms in total. The maximum atomic E-state index is 12.9. The summed E-state index contributed by atoms with van der Waals surface area (Å²) in [7, 11) is 0. The molecule has 0 aromatic rings. The summed E-state index contributed by atoms with van der Waals surface area (Å²) >= 11 is 0. The first-order valence-corrected chi connectivity index (χ1v) is 34.4. The third kappa shape index (κ3) is 66.8. The van der Waals surface area contributed by atoms with Gasteiger partial charge in [0.05, 0.1) is 0 Å². The summed E-state index contributed by atoms with van der Waals surface area (Å²) in [6.45, 7) is 6.51. The van der Waals surface area contributed by atoms with E-state index in [4.69, 9.17) is 14.2 Å². The van der Waals surface area contributed by atoms with Gasteiger partial charge in [0, 0.05) is 19.3 Å². The first-order valence-electron chi connectivity index (χ1n) is 34.4. The standard InChI is InChI=1S/C75H128O6/c1-4-7-10-13-16-19-21-23-25-27-29-31-33-35-36-37-38-40-41-43-45-47-49-51-53-56-59-62-65-68-74(77)80-71-72(70-79-73(76)67-64-61-58-55-18-15-12-9-6-3)81-75(78)69-66-63-60-57-54-52-50-48-46-44-42-39-34-32-30-28-26-24-22-20-17-14-11-8-5-2/h8,11,17,20-21,23-24,26-27,29-30,32-33,35,39,42,46,48,72H,4-7,9-10,12-16,18-19,22,25,28,31,34,36-38,40-41,43-45,47,49-71H2,1-3H3/b11-8-,20-17-,23-21-,26-24-,29-27-,32-30-,35-33-,42-39-,48-46-. The van der Waals surface area contributed by atoms with Crippen molar-refractivity contribution in [2.24, 2.45) is 0 Å². The third-order valence-corrected chi connectivity index (χ3v) is 14.8. The van der Waals surface area contributed by atoms with Crippen molar-refractivity contribution in [3.8, 4) is 0 Å². The van der Waals surface area contributed by atoms with Crippen LogP contribution < -0.4 is 0 Å². The van der Waals surface area contributed by atoms with Crippen molar-refractivity contribution >= 4 is 17.9 Å². The zero-order chi connectivity index (χ0) is 58.5. The van der Waals surface area contributed by atoms with Gasteiger partial charge in [0.2, 0.25) is 0 Å². The Balaban J connectivity index is 4.21. The smallest absolute Gasteiger partial charge is 0.306 e. The second kappa shape index (κ2) is 68.6. The average molecular weight is 1130 g/mol. The molecule has 0 heterocycles. The lowest BCUT2D eigenvalue weighted by Crippen LogP contribution is -2.30. The van der Waals surface area contributed by atoms with Gasteiger partial charge in [-0.25, -0.2) is 0 Å². The van der Waals surface area contributed by atoms with Crippen molar-refractivity contribution in [2.45, 2.75) is 335 Å². The second-order valence-corrected chi connectivity index (χ2v) is 22.7. The number of hydrogen-bond donors (Lipinski definition) is 0. The van der Waals surface area contributed by atoms with Crippen LogP contribution in [0, 0.1) is 0 Å². The molecule has 1 atom stereocenters. The van der Waals surface area contributed by atoms with Crippen LogP contribution in [0.5, 0.6) is 0 Å². The van der Waals surface area contributed by atoms with Gasteiger partial charge in [-0.2, -0.15) is 0 Å².